The second-order valence-corrected chi connectivity index (χ2v) is 30.9. The second kappa shape index (κ2) is 70.1. The number of unbranched alkanes of at least 4 members (excludes halogenated alkanes) is 48. The highest BCUT2D eigenvalue weighted by Crippen LogP contribution is 2.45. The van der Waals surface area contributed by atoms with Crippen LogP contribution in [-0.2, 0) is 65.4 Å². The Kier molecular flexibility index (Phi) is 68.7. The van der Waals surface area contributed by atoms with E-state index in [0.717, 1.165) is 102 Å². The fraction of sp³-hybridized carbons (Fsp3) is 0.948. The van der Waals surface area contributed by atoms with Crippen LogP contribution in [0.1, 0.15) is 407 Å². The van der Waals surface area contributed by atoms with E-state index in [4.69, 9.17) is 37.0 Å². The fourth-order valence-corrected chi connectivity index (χ4v) is 13.4. The van der Waals surface area contributed by atoms with Gasteiger partial charge in [-0.05, 0) is 31.6 Å². The number of rotatable bonds is 77. The molecule has 570 valence electrons. The number of aliphatic hydroxyl groups excluding tert-OH is 1. The van der Waals surface area contributed by atoms with Crippen molar-refractivity contribution in [3.8, 4) is 0 Å². The summed E-state index contributed by atoms with van der Waals surface area (Å²) in [5.41, 5.74) is 0. The number of phosphoric ester groups is 2. The molecule has 19 heteroatoms. The standard InChI is InChI=1S/C77H150O17P2/c1-6-10-13-16-19-22-24-26-27-28-29-30-34-38-41-46-51-56-61-75(80)88-67-73(94-77(82)63-58-53-48-43-39-35-32-31-33-36-40-44-49-54-59-70(5)9-4)69-92-96(85,86)90-65-71(78)64-89-95(83,84)91-68-72(66-87-74(79)60-55-50-45-21-18-15-12-8-3)93-76(81)62-57-52-47-42-37-25-23-20-17-14-11-7-2/h70-73,78H,6-69H2,1-5H3,(H,83,84)(H,85,86)/t70?,71-,72+,73+/m0/s1. The molecule has 0 fully saturated rings. The zero-order valence-electron chi connectivity index (χ0n) is 62.5. The largest absolute Gasteiger partial charge is 0.472 e. The molecule has 0 aromatic carbocycles. The van der Waals surface area contributed by atoms with Crippen LogP contribution in [0, 0.1) is 5.92 Å². The van der Waals surface area contributed by atoms with Gasteiger partial charge >= 0.3 is 39.5 Å². The molecule has 0 aliphatic carbocycles. The van der Waals surface area contributed by atoms with E-state index in [9.17, 15) is 43.2 Å². The lowest BCUT2D eigenvalue weighted by atomic mass is 9.99. The molecule has 96 heavy (non-hydrogen) atoms. The smallest absolute Gasteiger partial charge is 0.462 e. The molecular weight excluding hydrogens is 1260 g/mol. The Morgan fingerprint density at radius 3 is 0.740 bits per heavy atom. The summed E-state index contributed by atoms with van der Waals surface area (Å²) in [6.07, 6.45) is 59.6. The first-order chi connectivity index (χ1) is 46.6. The summed E-state index contributed by atoms with van der Waals surface area (Å²) in [5, 5.41) is 10.6. The van der Waals surface area contributed by atoms with Crippen LogP contribution in [0.15, 0.2) is 0 Å². The summed E-state index contributed by atoms with van der Waals surface area (Å²) in [7, 11) is -9.91. The number of hydrogen-bond acceptors (Lipinski definition) is 15. The molecule has 0 amide bonds. The van der Waals surface area contributed by atoms with Gasteiger partial charge in [0.1, 0.15) is 19.3 Å². The molecule has 0 saturated carbocycles. The third-order valence-corrected chi connectivity index (χ3v) is 20.3. The molecule has 0 bridgehead atoms. The van der Waals surface area contributed by atoms with Gasteiger partial charge in [0, 0.05) is 25.7 Å². The van der Waals surface area contributed by atoms with Gasteiger partial charge in [-0.25, -0.2) is 9.13 Å². The molecule has 3 N–H and O–H groups in total. The minimum atomic E-state index is -4.96. The number of phosphoric acid groups is 2. The Morgan fingerprint density at radius 1 is 0.292 bits per heavy atom. The first-order valence-electron chi connectivity index (χ1n) is 40.2. The molecule has 0 aromatic rings. The highest BCUT2D eigenvalue weighted by molar-refractivity contribution is 7.47. The molecule has 0 aromatic heterocycles. The lowest BCUT2D eigenvalue weighted by molar-refractivity contribution is -0.161. The van der Waals surface area contributed by atoms with Crippen LogP contribution in [0.3, 0.4) is 0 Å². The molecule has 0 heterocycles. The Labute approximate surface area is 588 Å². The lowest BCUT2D eigenvalue weighted by Gasteiger charge is -2.21. The van der Waals surface area contributed by atoms with Gasteiger partial charge in [-0.1, -0.05) is 356 Å². The van der Waals surface area contributed by atoms with E-state index in [1.165, 1.54) is 225 Å². The molecule has 3 unspecified atom stereocenters. The van der Waals surface area contributed by atoms with Gasteiger partial charge < -0.3 is 33.8 Å². The number of carbonyl (C=O) groups excluding carboxylic acids is 4. The van der Waals surface area contributed by atoms with Gasteiger partial charge in [0.05, 0.1) is 26.4 Å². The topological polar surface area (TPSA) is 237 Å². The fourth-order valence-electron chi connectivity index (χ4n) is 11.8. The van der Waals surface area contributed by atoms with Crippen LogP contribution in [0.25, 0.3) is 0 Å². The van der Waals surface area contributed by atoms with Gasteiger partial charge in [0.15, 0.2) is 12.2 Å². The number of carbonyl (C=O) groups is 4. The highest BCUT2D eigenvalue weighted by atomic mass is 31.2. The van der Waals surface area contributed by atoms with Crippen LogP contribution in [0.4, 0.5) is 0 Å². The number of ether oxygens (including phenoxy) is 4. The molecule has 0 saturated heterocycles. The summed E-state index contributed by atoms with van der Waals surface area (Å²) in [6, 6.07) is 0. The van der Waals surface area contributed by atoms with Crippen LogP contribution < -0.4 is 0 Å². The summed E-state index contributed by atoms with van der Waals surface area (Å²) in [6.45, 7) is 7.33. The van der Waals surface area contributed by atoms with Crippen molar-refractivity contribution in [3.63, 3.8) is 0 Å². The van der Waals surface area contributed by atoms with Crippen molar-refractivity contribution in [3.05, 3.63) is 0 Å². The van der Waals surface area contributed by atoms with E-state index in [-0.39, 0.29) is 25.7 Å². The van der Waals surface area contributed by atoms with Gasteiger partial charge in [-0.15, -0.1) is 0 Å². The van der Waals surface area contributed by atoms with Crippen LogP contribution >= 0.6 is 15.6 Å². The van der Waals surface area contributed by atoms with Crippen LogP contribution in [0.5, 0.6) is 0 Å². The van der Waals surface area contributed by atoms with E-state index in [2.05, 4.69) is 34.6 Å². The van der Waals surface area contributed by atoms with Gasteiger partial charge in [0.25, 0.3) is 0 Å². The van der Waals surface area contributed by atoms with Gasteiger partial charge in [-0.3, -0.25) is 37.3 Å². The molecule has 0 rings (SSSR count). The highest BCUT2D eigenvalue weighted by Gasteiger charge is 2.30. The lowest BCUT2D eigenvalue weighted by Crippen LogP contribution is -2.30. The Morgan fingerprint density at radius 2 is 0.500 bits per heavy atom. The zero-order chi connectivity index (χ0) is 70.5. The van der Waals surface area contributed by atoms with E-state index < -0.39 is 97.5 Å². The van der Waals surface area contributed by atoms with Gasteiger partial charge in [-0.2, -0.15) is 0 Å². The summed E-state index contributed by atoms with van der Waals surface area (Å²) < 4.78 is 68.5. The summed E-state index contributed by atoms with van der Waals surface area (Å²) in [4.78, 5) is 72.8. The molecule has 0 aliphatic rings. The zero-order valence-corrected chi connectivity index (χ0v) is 64.3. The van der Waals surface area contributed by atoms with Crippen molar-refractivity contribution in [2.24, 2.45) is 5.92 Å². The summed E-state index contributed by atoms with van der Waals surface area (Å²) in [5.74, 6) is -1.27. The minimum Gasteiger partial charge on any atom is -0.462 e. The van der Waals surface area contributed by atoms with Crippen molar-refractivity contribution in [1.29, 1.82) is 0 Å². The van der Waals surface area contributed by atoms with Crippen molar-refractivity contribution in [2.45, 2.75) is 425 Å². The van der Waals surface area contributed by atoms with Crippen LogP contribution in [-0.4, -0.2) is 96.7 Å². The Bertz CT molecular complexity index is 1840. The Hall–Kier alpha value is -1.94. The van der Waals surface area contributed by atoms with Crippen LogP contribution in [0.2, 0.25) is 0 Å². The molecule has 0 spiro atoms. The van der Waals surface area contributed by atoms with Crippen molar-refractivity contribution in [2.75, 3.05) is 39.6 Å². The third-order valence-electron chi connectivity index (χ3n) is 18.4. The molecule has 0 aliphatic heterocycles. The van der Waals surface area contributed by atoms with Gasteiger partial charge in [0.2, 0.25) is 0 Å². The Balaban J connectivity index is 5.20. The maximum Gasteiger partial charge on any atom is 0.472 e. The average Bonchev–Trinajstić information content (AvgIpc) is 2.09. The molecule has 6 atom stereocenters. The average molecular weight is 1410 g/mol. The van der Waals surface area contributed by atoms with E-state index in [0.29, 0.717) is 25.7 Å². The van der Waals surface area contributed by atoms with E-state index in [1.54, 1.807) is 0 Å². The van der Waals surface area contributed by atoms with E-state index in [1.807, 2.05) is 0 Å². The predicted molar refractivity (Wildman–Crippen MR) is 391 cm³/mol. The second-order valence-electron chi connectivity index (χ2n) is 28.0. The minimum absolute atomic E-state index is 0.107. The molecule has 0 radical (unpaired) electrons. The first kappa shape index (κ1) is 94.1. The molecule has 17 nitrogen and oxygen atoms in total. The number of aliphatic hydroxyl groups is 1. The van der Waals surface area contributed by atoms with Crippen molar-refractivity contribution >= 4 is 39.5 Å². The first-order valence-corrected chi connectivity index (χ1v) is 43.2. The number of hydrogen-bond donors (Lipinski definition) is 3. The summed E-state index contributed by atoms with van der Waals surface area (Å²) >= 11 is 0. The number of esters is 4. The SMILES string of the molecule is CCCCCCCCCCCCCCCCCCCCC(=O)OC[C@H](COP(=O)(O)OC[C@@H](O)COP(=O)(O)OC[C@@H](COC(=O)CCCCCCCCCC)OC(=O)CCCCCCCCCCCCCC)OC(=O)CCCCCCCCCCCCCCCCC(C)CC. The van der Waals surface area contributed by atoms with Crippen molar-refractivity contribution < 1.29 is 80.2 Å². The normalized spacial score (nSPS) is 14.2. The molecular formula is C77H150O17P2. The quantitative estimate of drug-likeness (QED) is 0.0222. The van der Waals surface area contributed by atoms with Crippen molar-refractivity contribution in [1.82, 2.24) is 0 Å². The maximum atomic E-state index is 13.1. The third kappa shape index (κ3) is 69.2. The maximum absolute atomic E-state index is 13.1. The predicted octanol–water partition coefficient (Wildman–Crippen LogP) is 22.9. The van der Waals surface area contributed by atoms with E-state index >= 15 is 0 Å². The monoisotopic (exact) mass is 1410 g/mol.